The van der Waals surface area contributed by atoms with Gasteiger partial charge in [-0.15, -0.1) is 0 Å². The Morgan fingerprint density at radius 3 is 0.957 bits per heavy atom. The number of allylic oxidation sites excluding steroid dienone is 4. The number of esters is 5. The Labute approximate surface area is 822 Å². The smallest absolute Gasteiger partial charge is 0.336 e. The zero-order valence-electron chi connectivity index (χ0n) is 86.3. The first-order valence-electron chi connectivity index (χ1n) is 54.5. The highest BCUT2D eigenvalue weighted by Gasteiger charge is 2.86. The predicted molar refractivity (Wildman–Crippen MR) is 515 cm³/mol. The topological polar surface area (TPSA) is 324 Å². The number of epoxide rings is 4. The molecule has 20 unspecified atom stereocenters. The number of aliphatic hydroxyl groups excluding tert-OH is 2. The Kier molecular flexibility index (Phi) is 23.7. The third-order valence-electron chi connectivity index (χ3n) is 46.9. The molecule has 12 saturated carbocycles. The Balaban J connectivity index is 0.000000110. The van der Waals surface area contributed by atoms with Crippen molar-refractivity contribution >= 4 is 64.5 Å². The molecule has 0 aromatic rings. The first-order chi connectivity index (χ1) is 65.8. The maximum Gasteiger partial charge on any atom is 0.336 e. The normalized spacial score (nSPS) is 50.4. The van der Waals surface area contributed by atoms with Gasteiger partial charge in [-0.1, -0.05) is 98.5 Å². The van der Waals surface area contributed by atoms with E-state index in [1.54, 1.807) is 24.3 Å². The van der Waals surface area contributed by atoms with Crippen molar-refractivity contribution in [3.63, 3.8) is 0 Å². The van der Waals surface area contributed by atoms with Gasteiger partial charge in [-0.05, 0) is 392 Å². The van der Waals surface area contributed by atoms with E-state index < -0.39 is 56.3 Å². The third-order valence-corrected chi connectivity index (χ3v) is 46.9. The summed E-state index contributed by atoms with van der Waals surface area (Å²) in [5.74, 6) is 6.98. The first kappa shape index (κ1) is 98.1. The number of carbonyl (C=O) groups excluding carboxylic acids is 11. The van der Waals surface area contributed by atoms with Gasteiger partial charge < -0.3 is 52.8 Å². The van der Waals surface area contributed by atoms with Crippen LogP contribution in [0.2, 0.25) is 0 Å². The number of rotatable bonds is 13. The van der Waals surface area contributed by atoms with E-state index in [0.717, 1.165) is 183 Å². The van der Waals surface area contributed by atoms with Crippen LogP contribution in [0.3, 0.4) is 0 Å². The summed E-state index contributed by atoms with van der Waals surface area (Å²) >= 11 is 0. The van der Waals surface area contributed by atoms with Crippen LogP contribution in [0.4, 0.5) is 0 Å². The van der Waals surface area contributed by atoms with Crippen LogP contribution in [0.15, 0.2) is 93.2 Å². The molecule has 139 heavy (non-hydrogen) atoms. The number of ether oxygens (including phenoxy) is 9. The van der Waals surface area contributed by atoms with Crippen molar-refractivity contribution in [3.8, 4) is 0 Å². The number of ketones is 6. The van der Waals surface area contributed by atoms with Crippen molar-refractivity contribution < 1.29 is 106 Å². The van der Waals surface area contributed by atoms with Crippen LogP contribution >= 0.6 is 0 Å². The second-order valence-corrected chi connectivity index (χ2v) is 51.0. The maximum absolute atomic E-state index is 13.6. The summed E-state index contributed by atoms with van der Waals surface area (Å²) in [4.78, 5) is 142. The molecule has 16 fully saturated rings. The van der Waals surface area contributed by atoms with Gasteiger partial charge in [-0.3, -0.25) is 33.6 Å². The molecular weight excluding hydrogens is 1760 g/mol. The van der Waals surface area contributed by atoms with Gasteiger partial charge in [0, 0.05) is 49.3 Å². The fourth-order valence-corrected chi connectivity index (χ4v) is 39.4. The lowest BCUT2D eigenvalue weighted by molar-refractivity contribution is -0.166. The average Bonchev–Trinajstić information content (AvgIpc) is 1.49. The summed E-state index contributed by atoms with van der Waals surface area (Å²) in [5, 5.41) is 20.4. The van der Waals surface area contributed by atoms with Gasteiger partial charge in [0.05, 0.1) is 58.3 Å². The highest BCUT2D eigenvalue weighted by atomic mass is 16.7. The van der Waals surface area contributed by atoms with Gasteiger partial charge in [0.1, 0.15) is 41.7 Å². The number of hydrogen-bond acceptors (Lipinski definition) is 22. The van der Waals surface area contributed by atoms with E-state index in [-0.39, 0.29) is 171 Å². The molecule has 8 heterocycles. The standard InChI is InChI=1S/C31H42O6.C29H40O5.C29H38O5.C28H36O6/c1-7-19-16(2)14-24(36-28(19)34)17(3)21-8-9-22-20-15-27-31(37-27)26(35-18(4)32)11-10-25(33)30(31,6)23(20)12-13-29(21,22)5;2*1-6-17-15(2)13-22(33-26(17)32)16(3)19-7-8-20-18-14-25-29(34-25)24(31)10-9-23(30)28(29,5)21(18)11-12-27(19,20)4;1-14-11-21(33-25(32)17(14)13-29)15(2)18-5-6-19-16-12-24-28(34-24)23(31)8-7-22(30)27(28,4)20(16)9-10-26(18,19)3/h10-11,17,20-24,26-27H,7-9,12-15H2,1-6H3;9-10,16,18-22,24-25,31H,6-8,11-14H2,1-5H3;9-10,16,18-22,25H,6-8,11-14H2,1-5H3;7-8,15-16,18-21,24,29H,5-6,9-13H2,1-4H3/t17-,20?,21?,22?,23?,24?,26+,27+,29+,30-,31+;16-,18?,19?,20?,21?,22?,24+,25+,27+,28-,29+;16-,18?,19?,20?,21?,22?,25+,27+,28-,29+;15-,16?,18?,19?,20?,21?,24+,26+,27-,28+/m0000/s1. The van der Waals surface area contributed by atoms with E-state index in [4.69, 9.17) is 42.6 Å². The molecule has 22 nitrogen and oxygen atoms in total. The Hall–Kier alpha value is -6.95. The molecule has 8 aliphatic heterocycles. The average molecular weight is 1910 g/mol. The summed E-state index contributed by atoms with van der Waals surface area (Å²) in [7, 11) is 0. The molecule has 756 valence electrons. The van der Waals surface area contributed by atoms with Gasteiger partial charge in [-0.25, -0.2) is 19.2 Å². The molecular formula is C117H156O22. The monoisotopic (exact) mass is 1910 g/mol. The second-order valence-electron chi connectivity index (χ2n) is 51.0. The Morgan fingerprint density at radius 2 is 0.640 bits per heavy atom. The van der Waals surface area contributed by atoms with Crippen LogP contribution in [0, 0.1) is 162 Å². The van der Waals surface area contributed by atoms with E-state index in [2.05, 4.69) is 90.0 Å². The van der Waals surface area contributed by atoms with Gasteiger partial charge in [0.25, 0.3) is 0 Å². The van der Waals surface area contributed by atoms with Gasteiger partial charge >= 0.3 is 29.8 Å². The lowest BCUT2D eigenvalue weighted by Crippen LogP contribution is -2.64. The zero-order chi connectivity index (χ0) is 99.1. The Bertz CT molecular complexity index is 5330. The Morgan fingerprint density at radius 1 is 0.360 bits per heavy atom. The molecule has 4 spiro atoms. The van der Waals surface area contributed by atoms with Gasteiger partial charge in [0.15, 0.2) is 52.0 Å². The van der Waals surface area contributed by atoms with E-state index in [9.17, 15) is 63.0 Å². The highest BCUT2D eigenvalue weighted by molar-refractivity contribution is 6.16. The van der Waals surface area contributed by atoms with Crippen LogP contribution in [-0.2, 0) is 95.4 Å². The number of fused-ring (bicyclic) bond motifs is 16. The fourth-order valence-electron chi connectivity index (χ4n) is 39.4. The summed E-state index contributed by atoms with van der Waals surface area (Å²) in [6.07, 6.45) is 37.1. The van der Waals surface area contributed by atoms with Crippen LogP contribution in [0.25, 0.3) is 0 Å². The highest BCUT2D eigenvalue weighted by Crippen LogP contribution is 2.79. The summed E-state index contributed by atoms with van der Waals surface area (Å²) in [6.45, 7) is 42.6. The van der Waals surface area contributed by atoms with Crippen molar-refractivity contribution in [1.82, 2.24) is 0 Å². The molecule has 24 rings (SSSR count). The zero-order valence-corrected chi connectivity index (χ0v) is 86.3. The van der Waals surface area contributed by atoms with Crippen LogP contribution in [0.5, 0.6) is 0 Å². The molecule has 0 bridgehead atoms. The SMILES string of the molecule is CC1=C(CO)C(=O)OC([C@@H](C)C2CCC3C4C[C@H]5O[C@]56C(=O)C=CC(=O)[C@]6(C)C4CC[C@@]32C)C1.CCC1=C(C)CC([C@@H](C)C2CCC3C4C[C@H]5O[C@]56C(=O)C=CC(=O)[C@]6(C)C4CC[C@@]32C)OC1=O.CCC1=C(C)CC([C@@H](C)C2CCC3C4C[C@H]5O[C@]56[C@H](O)C=CC(=O)[C@]6(C)C4CC[C@@]32C)OC1=O.CCC1=C(C)CC([C@@H](C)C2CCC3C4C[C@H]5O[C@]56[C@H](OC(C)=O)C=CC(=O)[C@]6(C)C4CC[C@@]32C)OC1=O. The molecule has 42 atom stereocenters. The van der Waals surface area contributed by atoms with Crippen molar-refractivity contribution in [2.45, 2.75) is 395 Å². The van der Waals surface area contributed by atoms with Gasteiger partial charge in [0.2, 0.25) is 0 Å². The molecule has 0 aromatic heterocycles. The predicted octanol–water partition coefficient (Wildman–Crippen LogP) is 18.7. The molecule has 0 radical (unpaired) electrons. The first-order valence-corrected chi connectivity index (χ1v) is 54.5. The van der Waals surface area contributed by atoms with Gasteiger partial charge in [-0.2, -0.15) is 0 Å². The summed E-state index contributed by atoms with van der Waals surface area (Å²) in [5.41, 5.74) is 2.12. The second kappa shape index (κ2) is 33.5. The summed E-state index contributed by atoms with van der Waals surface area (Å²) < 4.78 is 54.5. The molecule has 2 N–H and O–H groups in total. The summed E-state index contributed by atoms with van der Waals surface area (Å²) in [6, 6.07) is 0. The fraction of sp³-hybridized carbons (Fsp3) is 0.769. The molecule has 16 aliphatic carbocycles. The minimum absolute atomic E-state index is 0.00158. The van der Waals surface area contributed by atoms with E-state index >= 15 is 0 Å². The van der Waals surface area contributed by atoms with Crippen molar-refractivity contribution in [3.05, 3.63) is 93.2 Å². The molecule has 4 saturated heterocycles. The number of hydrogen-bond donors (Lipinski definition) is 2. The minimum atomic E-state index is -0.913. The van der Waals surface area contributed by atoms with E-state index in [0.29, 0.717) is 101 Å². The van der Waals surface area contributed by atoms with E-state index in [1.165, 1.54) is 54.4 Å². The minimum Gasteiger partial charge on any atom is -0.458 e. The van der Waals surface area contributed by atoms with Crippen molar-refractivity contribution in [2.75, 3.05) is 6.61 Å². The lowest BCUT2D eigenvalue weighted by Gasteiger charge is -2.58. The largest absolute Gasteiger partial charge is 0.458 e. The van der Waals surface area contributed by atoms with E-state index in [1.807, 2.05) is 41.5 Å². The molecule has 22 heteroatoms. The quantitative estimate of drug-likeness (QED) is 0.0982. The van der Waals surface area contributed by atoms with Crippen LogP contribution in [-0.4, -0.2) is 165 Å². The third kappa shape index (κ3) is 13.3. The number of cyclic esters (lactones) is 4. The van der Waals surface area contributed by atoms with Crippen LogP contribution < -0.4 is 0 Å². The van der Waals surface area contributed by atoms with Crippen molar-refractivity contribution in [1.29, 1.82) is 0 Å². The van der Waals surface area contributed by atoms with Crippen LogP contribution in [0.1, 0.15) is 312 Å². The molecule has 24 aliphatic rings. The number of aliphatic hydroxyl groups is 2. The number of carbonyl (C=O) groups is 11. The molecule has 0 aromatic carbocycles. The molecule has 0 amide bonds. The lowest BCUT2D eigenvalue weighted by atomic mass is 9.44. The van der Waals surface area contributed by atoms with Crippen molar-refractivity contribution in [2.24, 2.45) is 162 Å². The maximum atomic E-state index is 13.6.